The Balaban J connectivity index is 1.78. The third kappa shape index (κ3) is 0.892. The third-order valence-electron chi connectivity index (χ3n) is 5.32. The van der Waals surface area contributed by atoms with Gasteiger partial charge in [-0.2, -0.15) is 0 Å². The fraction of sp³-hybridized carbons (Fsp3) is 1.00. The Hall–Kier alpha value is -0.0800. The van der Waals surface area contributed by atoms with Gasteiger partial charge in [0, 0.05) is 7.11 Å². The summed E-state index contributed by atoms with van der Waals surface area (Å²) in [6.07, 6.45) is 7.51. The molecule has 0 radical (unpaired) electrons. The molecule has 0 aromatic heterocycles. The molecule has 2 bridgehead atoms. The Labute approximate surface area is 86.0 Å². The van der Waals surface area contributed by atoms with Crippen molar-refractivity contribution in [3.63, 3.8) is 0 Å². The summed E-state index contributed by atoms with van der Waals surface area (Å²) in [6, 6.07) is 0. The molecule has 2 heteroatoms. The van der Waals surface area contributed by atoms with Crippen LogP contribution in [0.1, 0.15) is 39.0 Å². The monoisotopic (exact) mass is 196 g/mol. The zero-order chi connectivity index (χ0) is 9.81. The van der Waals surface area contributed by atoms with Crippen molar-refractivity contribution < 1.29 is 9.47 Å². The molecular formula is C12H20O2. The van der Waals surface area contributed by atoms with E-state index in [0.29, 0.717) is 23.7 Å². The Morgan fingerprint density at radius 2 is 2.07 bits per heavy atom. The van der Waals surface area contributed by atoms with Crippen LogP contribution in [0.4, 0.5) is 0 Å². The van der Waals surface area contributed by atoms with Crippen LogP contribution in [0.25, 0.3) is 0 Å². The molecule has 0 saturated heterocycles. The minimum absolute atomic E-state index is 0.475. The Morgan fingerprint density at radius 1 is 1.29 bits per heavy atom. The zero-order valence-electron chi connectivity index (χ0n) is 9.21. The molecule has 0 aromatic rings. The quantitative estimate of drug-likeness (QED) is 0.646. The van der Waals surface area contributed by atoms with Gasteiger partial charge in [-0.05, 0) is 48.9 Å². The molecule has 3 saturated carbocycles. The summed E-state index contributed by atoms with van der Waals surface area (Å²) < 4.78 is 10.9. The lowest BCUT2D eigenvalue weighted by molar-refractivity contribution is -0.115. The van der Waals surface area contributed by atoms with E-state index >= 15 is 0 Å². The Bertz CT molecular complexity index is 247. The molecule has 0 aliphatic heterocycles. The molecule has 14 heavy (non-hydrogen) atoms. The first kappa shape index (κ1) is 9.17. The van der Waals surface area contributed by atoms with Crippen LogP contribution in [0.5, 0.6) is 0 Å². The fourth-order valence-electron chi connectivity index (χ4n) is 4.33. The lowest BCUT2D eigenvalue weighted by Gasteiger charge is -2.34. The zero-order valence-corrected chi connectivity index (χ0v) is 9.21. The fourth-order valence-corrected chi connectivity index (χ4v) is 4.33. The van der Waals surface area contributed by atoms with E-state index in [1.54, 1.807) is 7.11 Å². The molecule has 3 fully saturated rings. The lowest BCUT2D eigenvalue weighted by atomic mass is 9.77. The predicted molar refractivity (Wildman–Crippen MR) is 53.9 cm³/mol. The number of hydrogen-bond donors (Lipinski definition) is 0. The van der Waals surface area contributed by atoms with E-state index in [0.717, 1.165) is 5.92 Å². The topological polar surface area (TPSA) is 18.5 Å². The second-order valence-electron chi connectivity index (χ2n) is 5.61. The van der Waals surface area contributed by atoms with E-state index in [4.69, 9.17) is 9.47 Å². The first-order valence-electron chi connectivity index (χ1n) is 5.83. The standard InChI is InChI=1S/C12H20O2/c1-11-4-3-9(12(11)5-6-12)7-10(11)14-8-13-2/h9-10H,3-8H2,1-2H3. The van der Waals surface area contributed by atoms with Crippen LogP contribution in [0, 0.1) is 16.7 Å². The molecule has 3 unspecified atom stereocenters. The van der Waals surface area contributed by atoms with Crippen LogP contribution >= 0.6 is 0 Å². The molecule has 0 N–H and O–H groups in total. The van der Waals surface area contributed by atoms with Gasteiger partial charge >= 0.3 is 0 Å². The second kappa shape index (κ2) is 2.73. The van der Waals surface area contributed by atoms with E-state index < -0.39 is 0 Å². The van der Waals surface area contributed by atoms with Crippen molar-refractivity contribution in [2.75, 3.05) is 13.9 Å². The molecule has 2 nitrogen and oxygen atoms in total. The summed E-state index contributed by atoms with van der Waals surface area (Å²) >= 11 is 0. The lowest BCUT2D eigenvalue weighted by Crippen LogP contribution is -2.34. The van der Waals surface area contributed by atoms with Crippen LogP contribution in [0.3, 0.4) is 0 Å². The molecule has 3 aliphatic rings. The smallest absolute Gasteiger partial charge is 0.146 e. The number of hydrogen-bond acceptors (Lipinski definition) is 2. The predicted octanol–water partition coefficient (Wildman–Crippen LogP) is 2.58. The number of ether oxygens (including phenoxy) is 2. The van der Waals surface area contributed by atoms with E-state index in [2.05, 4.69) is 6.92 Å². The highest BCUT2D eigenvalue weighted by molar-refractivity contribution is 5.20. The number of rotatable bonds is 3. The molecule has 0 heterocycles. The van der Waals surface area contributed by atoms with Crippen molar-refractivity contribution in [1.82, 2.24) is 0 Å². The summed E-state index contributed by atoms with van der Waals surface area (Å²) in [5.74, 6) is 0.967. The average molecular weight is 196 g/mol. The number of methoxy groups -OCH3 is 1. The molecular weight excluding hydrogens is 176 g/mol. The maximum Gasteiger partial charge on any atom is 0.146 e. The van der Waals surface area contributed by atoms with Crippen LogP contribution in [0.15, 0.2) is 0 Å². The van der Waals surface area contributed by atoms with Crippen molar-refractivity contribution in [3.8, 4) is 0 Å². The SMILES string of the molecule is COCOC1CC2CCC1(C)C21CC1. The molecule has 0 amide bonds. The van der Waals surface area contributed by atoms with Crippen molar-refractivity contribution in [2.24, 2.45) is 16.7 Å². The molecule has 0 aromatic carbocycles. The van der Waals surface area contributed by atoms with Gasteiger partial charge in [0.05, 0.1) is 6.10 Å². The van der Waals surface area contributed by atoms with Gasteiger partial charge < -0.3 is 9.47 Å². The molecule has 1 spiro atoms. The van der Waals surface area contributed by atoms with E-state index in [1.165, 1.54) is 32.1 Å². The van der Waals surface area contributed by atoms with Gasteiger partial charge in [-0.25, -0.2) is 0 Å². The van der Waals surface area contributed by atoms with E-state index in [-0.39, 0.29) is 0 Å². The highest BCUT2D eigenvalue weighted by atomic mass is 16.7. The maximum atomic E-state index is 5.84. The molecule has 3 atom stereocenters. The average Bonchev–Trinajstić information content (AvgIpc) is 2.89. The summed E-state index contributed by atoms with van der Waals surface area (Å²) in [6.45, 7) is 2.93. The third-order valence-corrected chi connectivity index (χ3v) is 5.32. The van der Waals surface area contributed by atoms with Crippen LogP contribution < -0.4 is 0 Å². The van der Waals surface area contributed by atoms with Gasteiger partial charge in [-0.15, -0.1) is 0 Å². The maximum absolute atomic E-state index is 5.84. The summed E-state index contributed by atoms with van der Waals surface area (Å²) in [5.41, 5.74) is 1.18. The van der Waals surface area contributed by atoms with Gasteiger partial charge in [-0.3, -0.25) is 0 Å². The molecule has 3 rings (SSSR count). The highest BCUT2D eigenvalue weighted by Crippen LogP contribution is 2.77. The molecule has 3 aliphatic carbocycles. The first-order valence-corrected chi connectivity index (χ1v) is 5.83. The van der Waals surface area contributed by atoms with Gasteiger partial charge in [-0.1, -0.05) is 6.92 Å². The summed E-state index contributed by atoms with van der Waals surface area (Å²) in [5, 5.41) is 0. The highest BCUT2D eigenvalue weighted by Gasteiger charge is 2.71. The van der Waals surface area contributed by atoms with Crippen molar-refractivity contribution in [1.29, 1.82) is 0 Å². The van der Waals surface area contributed by atoms with Gasteiger partial charge in [0.2, 0.25) is 0 Å². The van der Waals surface area contributed by atoms with E-state index in [9.17, 15) is 0 Å². The van der Waals surface area contributed by atoms with Crippen LogP contribution in [0.2, 0.25) is 0 Å². The summed E-state index contributed by atoms with van der Waals surface area (Å²) in [7, 11) is 1.71. The second-order valence-corrected chi connectivity index (χ2v) is 5.61. The van der Waals surface area contributed by atoms with Crippen molar-refractivity contribution in [2.45, 2.75) is 45.1 Å². The molecule has 80 valence electrons. The van der Waals surface area contributed by atoms with E-state index in [1.807, 2.05) is 0 Å². The Morgan fingerprint density at radius 3 is 2.64 bits per heavy atom. The van der Waals surface area contributed by atoms with Crippen LogP contribution in [-0.4, -0.2) is 20.0 Å². The minimum atomic E-state index is 0.475. The minimum Gasteiger partial charge on any atom is -0.359 e. The van der Waals surface area contributed by atoms with Gasteiger partial charge in [0.25, 0.3) is 0 Å². The van der Waals surface area contributed by atoms with Crippen molar-refractivity contribution in [3.05, 3.63) is 0 Å². The van der Waals surface area contributed by atoms with Gasteiger partial charge in [0.15, 0.2) is 0 Å². The normalized spacial score (nSPS) is 47.6. The van der Waals surface area contributed by atoms with Gasteiger partial charge in [0.1, 0.15) is 6.79 Å². The summed E-state index contributed by atoms with van der Waals surface area (Å²) in [4.78, 5) is 0. The Kier molecular flexibility index (Phi) is 1.79. The first-order chi connectivity index (χ1) is 6.73. The van der Waals surface area contributed by atoms with Crippen molar-refractivity contribution >= 4 is 0 Å². The van der Waals surface area contributed by atoms with Crippen LogP contribution in [-0.2, 0) is 9.47 Å². The largest absolute Gasteiger partial charge is 0.359 e.